The fourth-order valence-corrected chi connectivity index (χ4v) is 3.01. The molecule has 1 amide bonds. The molecule has 0 aliphatic rings. The largest absolute Gasteiger partial charge is 0.416 e. The van der Waals surface area contributed by atoms with Gasteiger partial charge in [0.05, 0.1) is 5.56 Å². The lowest BCUT2D eigenvalue weighted by Crippen LogP contribution is -2.14. The number of aromatic nitrogens is 3. The van der Waals surface area contributed by atoms with Gasteiger partial charge in [-0.05, 0) is 47.5 Å². The van der Waals surface area contributed by atoms with E-state index < -0.39 is 17.6 Å². The number of pyridine rings is 2. The minimum atomic E-state index is -4.51. The molecule has 5 nitrogen and oxygen atoms in total. The molecule has 0 fully saturated rings. The third-order valence-corrected chi connectivity index (χ3v) is 4.45. The van der Waals surface area contributed by atoms with E-state index in [1.54, 1.807) is 18.5 Å². The van der Waals surface area contributed by atoms with Gasteiger partial charge in [0.25, 0.3) is 5.91 Å². The van der Waals surface area contributed by atoms with Crippen molar-refractivity contribution in [2.75, 3.05) is 5.32 Å². The van der Waals surface area contributed by atoms with E-state index in [0.29, 0.717) is 6.42 Å². The summed E-state index contributed by atoms with van der Waals surface area (Å²) in [6, 6.07) is 11.5. The molecule has 3 aromatic heterocycles. The van der Waals surface area contributed by atoms with E-state index in [0.717, 1.165) is 34.3 Å². The number of anilines is 1. The van der Waals surface area contributed by atoms with E-state index in [-0.39, 0.29) is 11.4 Å². The Hall–Kier alpha value is -3.68. The van der Waals surface area contributed by atoms with Gasteiger partial charge in [-0.15, -0.1) is 0 Å². The SMILES string of the molecule is O=C(Nc1ccc(Cc2c[nH]c3ncccc23)cn1)c1cccc(C(F)(F)F)c1. The lowest BCUT2D eigenvalue weighted by atomic mass is 10.1. The standard InChI is InChI=1S/C21H15F3N4O/c22-21(23,24)16-4-1-3-14(10-16)20(29)28-18-7-6-13(11-26-18)9-15-12-27-19-17(15)5-2-8-25-19/h1-8,10-12H,9H2,(H,25,27)(H,26,28,29). The number of carbonyl (C=O) groups is 1. The Morgan fingerprint density at radius 2 is 1.93 bits per heavy atom. The fraction of sp³-hybridized carbons (Fsp3) is 0.0952. The van der Waals surface area contributed by atoms with Crippen molar-refractivity contribution in [2.45, 2.75) is 12.6 Å². The highest BCUT2D eigenvalue weighted by Gasteiger charge is 2.30. The Bertz CT molecular complexity index is 1170. The quantitative estimate of drug-likeness (QED) is 0.520. The maximum absolute atomic E-state index is 12.8. The molecule has 0 saturated heterocycles. The number of nitrogens with one attached hydrogen (secondary N) is 2. The van der Waals surface area contributed by atoms with Crippen LogP contribution in [0.25, 0.3) is 11.0 Å². The molecular weight excluding hydrogens is 381 g/mol. The van der Waals surface area contributed by atoms with Gasteiger partial charge in [0, 0.05) is 36.0 Å². The molecule has 0 unspecified atom stereocenters. The van der Waals surface area contributed by atoms with Gasteiger partial charge in [-0.3, -0.25) is 4.79 Å². The first-order valence-corrected chi connectivity index (χ1v) is 8.75. The van der Waals surface area contributed by atoms with Crippen molar-refractivity contribution in [1.82, 2.24) is 15.0 Å². The van der Waals surface area contributed by atoms with Gasteiger partial charge in [0.15, 0.2) is 0 Å². The second-order valence-corrected chi connectivity index (χ2v) is 6.47. The lowest BCUT2D eigenvalue weighted by molar-refractivity contribution is -0.137. The van der Waals surface area contributed by atoms with E-state index in [1.807, 2.05) is 24.4 Å². The molecule has 0 spiro atoms. The number of benzene rings is 1. The van der Waals surface area contributed by atoms with Crippen LogP contribution in [0.5, 0.6) is 0 Å². The van der Waals surface area contributed by atoms with Crippen molar-refractivity contribution >= 4 is 22.8 Å². The molecule has 3 heterocycles. The molecule has 146 valence electrons. The predicted molar refractivity (Wildman–Crippen MR) is 103 cm³/mol. The summed E-state index contributed by atoms with van der Waals surface area (Å²) in [6.07, 6.45) is 1.35. The number of H-pyrrole nitrogens is 1. The Kier molecular flexibility index (Phi) is 4.75. The smallest absolute Gasteiger partial charge is 0.346 e. The molecule has 29 heavy (non-hydrogen) atoms. The van der Waals surface area contributed by atoms with E-state index in [2.05, 4.69) is 20.3 Å². The molecule has 2 N–H and O–H groups in total. The molecule has 4 rings (SSSR count). The zero-order valence-corrected chi connectivity index (χ0v) is 15.0. The number of rotatable bonds is 4. The van der Waals surface area contributed by atoms with Crippen LogP contribution in [0, 0.1) is 0 Å². The third-order valence-electron chi connectivity index (χ3n) is 4.45. The summed E-state index contributed by atoms with van der Waals surface area (Å²) in [5.41, 5.74) is 1.83. The molecule has 4 aromatic rings. The number of hydrogen-bond donors (Lipinski definition) is 2. The van der Waals surface area contributed by atoms with Crippen molar-refractivity contribution in [3.05, 3.63) is 89.4 Å². The van der Waals surface area contributed by atoms with Gasteiger partial charge < -0.3 is 10.3 Å². The van der Waals surface area contributed by atoms with Crippen molar-refractivity contribution in [3.8, 4) is 0 Å². The summed E-state index contributed by atoms with van der Waals surface area (Å²) in [5, 5.41) is 3.54. The topological polar surface area (TPSA) is 70.7 Å². The highest BCUT2D eigenvalue weighted by molar-refractivity contribution is 6.03. The number of nitrogens with zero attached hydrogens (tertiary/aromatic N) is 2. The highest BCUT2D eigenvalue weighted by Crippen LogP contribution is 2.29. The number of aromatic amines is 1. The summed E-state index contributed by atoms with van der Waals surface area (Å²) in [6.45, 7) is 0. The van der Waals surface area contributed by atoms with Crippen molar-refractivity contribution in [3.63, 3.8) is 0 Å². The fourth-order valence-electron chi connectivity index (χ4n) is 3.01. The van der Waals surface area contributed by atoms with Crippen LogP contribution < -0.4 is 5.32 Å². The molecule has 0 saturated carbocycles. The van der Waals surface area contributed by atoms with Gasteiger partial charge in [-0.25, -0.2) is 9.97 Å². The second kappa shape index (κ2) is 7.38. The first-order chi connectivity index (χ1) is 13.9. The van der Waals surface area contributed by atoms with Gasteiger partial charge in [-0.2, -0.15) is 13.2 Å². The molecule has 8 heteroatoms. The molecule has 0 aliphatic heterocycles. The summed E-state index contributed by atoms with van der Waals surface area (Å²) in [7, 11) is 0. The van der Waals surface area contributed by atoms with Crippen LogP contribution in [0.15, 0.2) is 67.1 Å². The maximum atomic E-state index is 12.8. The number of fused-ring (bicyclic) bond motifs is 1. The Morgan fingerprint density at radius 1 is 1.07 bits per heavy atom. The zero-order valence-electron chi connectivity index (χ0n) is 15.0. The number of halogens is 3. The zero-order chi connectivity index (χ0) is 20.4. The van der Waals surface area contributed by atoms with Crippen molar-refractivity contribution in [1.29, 1.82) is 0 Å². The van der Waals surface area contributed by atoms with Gasteiger partial charge in [0.1, 0.15) is 11.5 Å². The third kappa shape index (κ3) is 4.11. The maximum Gasteiger partial charge on any atom is 0.416 e. The van der Waals surface area contributed by atoms with Crippen LogP contribution in [0.3, 0.4) is 0 Å². The average Bonchev–Trinajstić information content (AvgIpc) is 3.12. The first kappa shape index (κ1) is 18.7. The van der Waals surface area contributed by atoms with Crippen LogP contribution in [0.1, 0.15) is 27.0 Å². The van der Waals surface area contributed by atoms with E-state index in [4.69, 9.17) is 0 Å². The van der Waals surface area contributed by atoms with Gasteiger partial charge in [-0.1, -0.05) is 12.1 Å². The normalized spacial score (nSPS) is 11.6. The van der Waals surface area contributed by atoms with Gasteiger partial charge >= 0.3 is 6.18 Å². The lowest BCUT2D eigenvalue weighted by Gasteiger charge is -2.09. The number of carbonyl (C=O) groups excluding carboxylic acids is 1. The molecule has 0 atom stereocenters. The summed E-state index contributed by atoms with van der Waals surface area (Å²) in [5.74, 6) is -0.393. The van der Waals surface area contributed by atoms with E-state index in [1.165, 1.54) is 12.1 Å². The van der Waals surface area contributed by atoms with Crippen LogP contribution in [-0.4, -0.2) is 20.9 Å². The van der Waals surface area contributed by atoms with Crippen LogP contribution in [0.4, 0.5) is 19.0 Å². The Balaban J connectivity index is 1.46. The van der Waals surface area contributed by atoms with Gasteiger partial charge in [0.2, 0.25) is 0 Å². The Morgan fingerprint density at radius 3 is 2.69 bits per heavy atom. The molecule has 0 radical (unpaired) electrons. The average molecular weight is 396 g/mol. The molecule has 0 bridgehead atoms. The molecule has 1 aromatic carbocycles. The first-order valence-electron chi connectivity index (χ1n) is 8.75. The highest BCUT2D eigenvalue weighted by atomic mass is 19.4. The van der Waals surface area contributed by atoms with Crippen LogP contribution in [-0.2, 0) is 12.6 Å². The van der Waals surface area contributed by atoms with Crippen molar-refractivity contribution in [2.24, 2.45) is 0 Å². The van der Waals surface area contributed by atoms with Crippen LogP contribution >= 0.6 is 0 Å². The van der Waals surface area contributed by atoms with E-state index in [9.17, 15) is 18.0 Å². The number of amides is 1. The second-order valence-electron chi connectivity index (χ2n) is 6.47. The monoisotopic (exact) mass is 396 g/mol. The van der Waals surface area contributed by atoms with Crippen molar-refractivity contribution < 1.29 is 18.0 Å². The van der Waals surface area contributed by atoms with E-state index >= 15 is 0 Å². The molecular formula is C21H15F3N4O. The summed E-state index contributed by atoms with van der Waals surface area (Å²) < 4.78 is 38.4. The minimum absolute atomic E-state index is 0.0861. The number of alkyl halides is 3. The van der Waals surface area contributed by atoms with Crippen LogP contribution in [0.2, 0.25) is 0 Å². The number of hydrogen-bond acceptors (Lipinski definition) is 3. The summed E-state index contributed by atoms with van der Waals surface area (Å²) in [4.78, 5) is 23.8. The Labute approximate surface area is 163 Å². The summed E-state index contributed by atoms with van der Waals surface area (Å²) >= 11 is 0. The minimum Gasteiger partial charge on any atom is -0.346 e. The predicted octanol–water partition coefficient (Wildman–Crippen LogP) is 4.82. The molecule has 0 aliphatic carbocycles.